The summed E-state index contributed by atoms with van der Waals surface area (Å²) in [7, 11) is 1.55. The molecule has 0 bridgehead atoms. The number of hydrogen-bond donors (Lipinski definition) is 3. The van der Waals surface area contributed by atoms with Gasteiger partial charge in [-0.05, 0) is 50.2 Å². The first-order valence-electron chi connectivity index (χ1n) is 8.52. The lowest BCUT2D eigenvalue weighted by molar-refractivity contribution is -0.120. The average Bonchev–Trinajstić information content (AvgIpc) is 2.66. The van der Waals surface area contributed by atoms with Crippen LogP contribution in [0.15, 0.2) is 48.5 Å². The summed E-state index contributed by atoms with van der Waals surface area (Å²) >= 11 is 0. The van der Waals surface area contributed by atoms with E-state index in [0.29, 0.717) is 17.0 Å². The van der Waals surface area contributed by atoms with Gasteiger partial charge in [-0.1, -0.05) is 12.1 Å². The molecule has 0 aliphatic heterocycles. The summed E-state index contributed by atoms with van der Waals surface area (Å²) in [5.41, 5.74) is 1.07. The first kappa shape index (κ1) is 20.0. The summed E-state index contributed by atoms with van der Waals surface area (Å²) in [6.45, 7) is 3.53. The molecular formula is C20H23N3O4. The molecule has 7 heteroatoms. The third-order valence-electron chi connectivity index (χ3n) is 3.63. The van der Waals surface area contributed by atoms with E-state index in [-0.39, 0.29) is 30.0 Å². The maximum atomic E-state index is 12.4. The zero-order valence-corrected chi connectivity index (χ0v) is 15.5. The number of methoxy groups -OCH3 is 1. The normalized spacial score (nSPS) is 10.2. The molecule has 0 radical (unpaired) electrons. The largest absolute Gasteiger partial charge is 0.497 e. The Morgan fingerprint density at radius 3 is 2.26 bits per heavy atom. The number of amides is 3. The van der Waals surface area contributed by atoms with E-state index in [0.717, 1.165) is 0 Å². The van der Waals surface area contributed by atoms with Gasteiger partial charge in [0, 0.05) is 11.6 Å². The molecule has 0 spiro atoms. The van der Waals surface area contributed by atoms with Gasteiger partial charge in [0.1, 0.15) is 5.75 Å². The minimum atomic E-state index is -0.445. The van der Waals surface area contributed by atoms with Crippen molar-refractivity contribution in [3.8, 4) is 5.75 Å². The molecule has 7 nitrogen and oxygen atoms in total. The summed E-state index contributed by atoms with van der Waals surface area (Å²) in [4.78, 5) is 36.5. The molecule has 0 aliphatic carbocycles. The lowest BCUT2D eigenvalue weighted by Crippen LogP contribution is -2.40. The van der Waals surface area contributed by atoms with Gasteiger partial charge in [-0.3, -0.25) is 14.4 Å². The van der Waals surface area contributed by atoms with Crippen molar-refractivity contribution in [2.45, 2.75) is 19.9 Å². The molecule has 0 saturated heterocycles. The van der Waals surface area contributed by atoms with Gasteiger partial charge in [-0.25, -0.2) is 0 Å². The summed E-state index contributed by atoms with van der Waals surface area (Å²) in [6, 6.07) is 13.2. The number of rotatable bonds is 7. The van der Waals surface area contributed by atoms with Crippen LogP contribution in [0.25, 0.3) is 0 Å². The lowest BCUT2D eigenvalue weighted by atomic mass is 10.1. The van der Waals surface area contributed by atoms with Gasteiger partial charge in [-0.2, -0.15) is 0 Å². The van der Waals surface area contributed by atoms with Gasteiger partial charge in [0.25, 0.3) is 11.8 Å². The highest BCUT2D eigenvalue weighted by atomic mass is 16.5. The Hall–Kier alpha value is -3.35. The van der Waals surface area contributed by atoms with Crippen molar-refractivity contribution in [1.29, 1.82) is 0 Å². The standard InChI is InChI=1S/C20H23N3O4/c1-13(2)22-18(24)12-21-20(26)16-6-4-5-7-17(16)23-19(25)14-8-10-15(27-3)11-9-14/h4-11,13H,12H2,1-3H3,(H,21,26)(H,22,24)(H,23,25). The second-order valence-electron chi connectivity index (χ2n) is 6.13. The summed E-state index contributed by atoms with van der Waals surface area (Å²) < 4.78 is 5.07. The summed E-state index contributed by atoms with van der Waals surface area (Å²) in [6.07, 6.45) is 0. The number of ether oxygens (including phenoxy) is 1. The second kappa shape index (κ2) is 9.38. The number of hydrogen-bond acceptors (Lipinski definition) is 4. The van der Waals surface area contributed by atoms with Crippen LogP contribution in [0.1, 0.15) is 34.6 Å². The Bertz CT molecular complexity index is 816. The van der Waals surface area contributed by atoms with Crippen molar-refractivity contribution in [2.75, 3.05) is 19.0 Å². The van der Waals surface area contributed by atoms with E-state index in [4.69, 9.17) is 4.74 Å². The molecule has 3 amide bonds. The Morgan fingerprint density at radius 1 is 0.963 bits per heavy atom. The van der Waals surface area contributed by atoms with E-state index in [9.17, 15) is 14.4 Å². The molecule has 27 heavy (non-hydrogen) atoms. The highest BCUT2D eigenvalue weighted by molar-refractivity contribution is 6.09. The summed E-state index contributed by atoms with van der Waals surface area (Å²) in [5, 5.41) is 7.97. The van der Waals surface area contributed by atoms with Gasteiger partial charge in [0.15, 0.2) is 0 Å². The average molecular weight is 369 g/mol. The molecule has 142 valence electrons. The van der Waals surface area contributed by atoms with E-state index in [1.807, 2.05) is 13.8 Å². The predicted octanol–water partition coefficient (Wildman–Crippen LogP) is 2.20. The lowest BCUT2D eigenvalue weighted by Gasteiger charge is -2.12. The zero-order chi connectivity index (χ0) is 19.8. The molecule has 0 saturated carbocycles. The van der Waals surface area contributed by atoms with Crippen LogP contribution in [0, 0.1) is 0 Å². The molecular weight excluding hydrogens is 346 g/mol. The second-order valence-corrected chi connectivity index (χ2v) is 6.13. The highest BCUT2D eigenvalue weighted by Crippen LogP contribution is 2.17. The summed E-state index contributed by atoms with van der Waals surface area (Å²) in [5.74, 6) is -0.431. The molecule has 2 aromatic rings. The number of benzene rings is 2. The Kier molecular flexibility index (Phi) is 6.93. The van der Waals surface area contributed by atoms with Crippen molar-refractivity contribution >= 4 is 23.4 Å². The molecule has 2 rings (SSSR count). The minimum Gasteiger partial charge on any atom is -0.497 e. The topological polar surface area (TPSA) is 96.5 Å². The van der Waals surface area contributed by atoms with E-state index in [2.05, 4.69) is 16.0 Å². The number of anilines is 1. The molecule has 0 aromatic heterocycles. The monoisotopic (exact) mass is 369 g/mol. The molecule has 0 fully saturated rings. The molecule has 0 atom stereocenters. The third kappa shape index (κ3) is 5.85. The Morgan fingerprint density at radius 2 is 1.63 bits per heavy atom. The van der Waals surface area contributed by atoms with Crippen LogP contribution in [0.4, 0.5) is 5.69 Å². The number of carbonyl (C=O) groups is 3. The van der Waals surface area contributed by atoms with E-state index < -0.39 is 5.91 Å². The molecule has 0 unspecified atom stereocenters. The highest BCUT2D eigenvalue weighted by Gasteiger charge is 2.15. The maximum absolute atomic E-state index is 12.4. The fraction of sp³-hybridized carbons (Fsp3) is 0.250. The van der Waals surface area contributed by atoms with Crippen LogP contribution >= 0.6 is 0 Å². The number of carbonyl (C=O) groups excluding carboxylic acids is 3. The third-order valence-corrected chi connectivity index (χ3v) is 3.63. The predicted molar refractivity (Wildman–Crippen MR) is 103 cm³/mol. The maximum Gasteiger partial charge on any atom is 0.255 e. The quantitative estimate of drug-likeness (QED) is 0.697. The van der Waals surface area contributed by atoms with E-state index in [1.165, 1.54) is 0 Å². The molecule has 0 heterocycles. The van der Waals surface area contributed by atoms with Gasteiger partial charge in [-0.15, -0.1) is 0 Å². The van der Waals surface area contributed by atoms with Crippen molar-refractivity contribution < 1.29 is 19.1 Å². The van der Waals surface area contributed by atoms with Crippen LogP contribution < -0.4 is 20.7 Å². The van der Waals surface area contributed by atoms with Gasteiger partial charge >= 0.3 is 0 Å². The smallest absolute Gasteiger partial charge is 0.255 e. The van der Waals surface area contributed by atoms with E-state index >= 15 is 0 Å². The minimum absolute atomic E-state index is 0.00882. The number of para-hydroxylation sites is 1. The first-order valence-corrected chi connectivity index (χ1v) is 8.52. The van der Waals surface area contributed by atoms with Gasteiger partial charge < -0.3 is 20.7 Å². The Labute approximate surface area is 158 Å². The SMILES string of the molecule is COc1ccc(C(=O)Nc2ccccc2C(=O)NCC(=O)NC(C)C)cc1. The Balaban J connectivity index is 2.06. The first-order chi connectivity index (χ1) is 12.9. The van der Waals surface area contributed by atoms with Crippen LogP contribution in [0.3, 0.4) is 0 Å². The van der Waals surface area contributed by atoms with Gasteiger partial charge in [0.2, 0.25) is 5.91 Å². The molecule has 2 aromatic carbocycles. The van der Waals surface area contributed by atoms with E-state index in [1.54, 1.807) is 55.6 Å². The fourth-order valence-corrected chi connectivity index (χ4v) is 2.36. The van der Waals surface area contributed by atoms with Crippen LogP contribution in [-0.4, -0.2) is 37.4 Å². The van der Waals surface area contributed by atoms with Crippen molar-refractivity contribution in [1.82, 2.24) is 10.6 Å². The van der Waals surface area contributed by atoms with Crippen LogP contribution in [0.2, 0.25) is 0 Å². The molecule has 0 aliphatic rings. The van der Waals surface area contributed by atoms with Gasteiger partial charge in [0.05, 0.1) is 24.9 Å². The van der Waals surface area contributed by atoms with Crippen LogP contribution in [0.5, 0.6) is 5.75 Å². The molecule has 3 N–H and O–H groups in total. The zero-order valence-electron chi connectivity index (χ0n) is 15.5. The fourth-order valence-electron chi connectivity index (χ4n) is 2.36. The van der Waals surface area contributed by atoms with Crippen LogP contribution in [-0.2, 0) is 4.79 Å². The van der Waals surface area contributed by atoms with Crippen molar-refractivity contribution in [2.24, 2.45) is 0 Å². The van der Waals surface area contributed by atoms with Crippen molar-refractivity contribution in [3.05, 3.63) is 59.7 Å². The number of nitrogens with one attached hydrogen (secondary N) is 3. The van der Waals surface area contributed by atoms with Crippen molar-refractivity contribution in [3.63, 3.8) is 0 Å².